The molecule has 0 aliphatic carbocycles. The quantitative estimate of drug-likeness (QED) is 0.486. The van der Waals surface area contributed by atoms with Crippen molar-refractivity contribution in [2.24, 2.45) is 0 Å². The van der Waals surface area contributed by atoms with E-state index in [2.05, 4.69) is 10.2 Å². The molecule has 0 aromatic heterocycles. The van der Waals surface area contributed by atoms with E-state index < -0.39 is 31.1 Å². The van der Waals surface area contributed by atoms with Crippen LogP contribution >= 0.6 is 0 Å². The van der Waals surface area contributed by atoms with Gasteiger partial charge in [-0.2, -0.15) is 18.7 Å². The molecule has 0 aliphatic heterocycles. The molecule has 0 fully saturated rings. The predicted molar refractivity (Wildman–Crippen MR) is 55.0 cm³/mol. The van der Waals surface area contributed by atoms with Crippen LogP contribution in [0.25, 0.3) is 0 Å². The summed E-state index contributed by atoms with van der Waals surface area (Å²) in [4.78, 5) is 15.2. The number of nitrogens with one attached hydrogen (secondary N) is 2. The molecule has 1 amide bonds. The van der Waals surface area contributed by atoms with Gasteiger partial charge >= 0.3 is 6.18 Å². The van der Waals surface area contributed by atoms with Crippen molar-refractivity contribution in [3.05, 3.63) is 30.1 Å². The molecule has 4 nitrogen and oxygen atoms in total. The SMILES string of the molecule is O=C(CNOCC(F)(F)F)Nc1cccc(F)c1. The van der Waals surface area contributed by atoms with Gasteiger partial charge in [-0.1, -0.05) is 6.07 Å². The van der Waals surface area contributed by atoms with Crippen LogP contribution in [0.15, 0.2) is 24.3 Å². The first-order valence-corrected chi connectivity index (χ1v) is 4.83. The molecule has 2 N–H and O–H groups in total. The van der Waals surface area contributed by atoms with E-state index in [1.807, 2.05) is 5.48 Å². The van der Waals surface area contributed by atoms with E-state index in [0.29, 0.717) is 0 Å². The van der Waals surface area contributed by atoms with E-state index in [9.17, 15) is 22.4 Å². The van der Waals surface area contributed by atoms with Gasteiger partial charge < -0.3 is 5.32 Å². The highest BCUT2D eigenvalue weighted by atomic mass is 19.4. The van der Waals surface area contributed by atoms with Crippen LogP contribution in [0, 0.1) is 5.82 Å². The second kappa shape index (κ2) is 6.31. The summed E-state index contributed by atoms with van der Waals surface area (Å²) in [5.41, 5.74) is 2.06. The third kappa shape index (κ3) is 6.16. The Kier molecular flexibility index (Phi) is 5.05. The lowest BCUT2D eigenvalue weighted by Crippen LogP contribution is -2.31. The zero-order valence-electron chi connectivity index (χ0n) is 9.05. The topological polar surface area (TPSA) is 50.4 Å². The summed E-state index contributed by atoms with van der Waals surface area (Å²) < 4.78 is 47.7. The maximum absolute atomic E-state index is 12.7. The molecule has 0 bridgehead atoms. The van der Waals surface area contributed by atoms with Crippen LogP contribution in [-0.4, -0.2) is 25.2 Å². The third-order valence-electron chi connectivity index (χ3n) is 1.68. The molecule has 0 atom stereocenters. The minimum atomic E-state index is -4.47. The highest BCUT2D eigenvalue weighted by molar-refractivity contribution is 5.92. The minimum Gasteiger partial charge on any atom is -0.325 e. The summed E-state index contributed by atoms with van der Waals surface area (Å²) in [6, 6.07) is 5.10. The molecular weight excluding hydrogens is 256 g/mol. The Bertz CT molecular complexity index is 409. The van der Waals surface area contributed by atoms with Crippen LogP contribution in [0.4, 0.5) is 23.2 Å². The normalized spacial score (nSPS) is 11.3. The fourth-order valence-corrected chi connectivity index (χ4v) is 1.02. The maximum Gasteiger partial charge on any atom is 0.413 e. The molecule has 0 saturated carbocycles. The van der Waals surface area contributed by atoms with Gasteiger partial charge in [0.25, 0.3) is 0 Å². The first-order chi connectivity index (χ1) is 8.37. The maximum atomic E-state index is 12.7. The van der Waals surface area contributed by atoms with Crippen molar-refractivity contribution in [2.75, 3.05) is 18.5 Å². The molecular formula is C10H10F4N2O2. The Morgan fingerprint density at radius 2 is 2.06 bits per heavy atom. The van der Waals surface area contributed by atoms with Crippen molar-refractivity contribution in [1.29, 1.82) is 0 Å². The zero-order valence-corrected chi connectivity index (χ0v) is 9.05. The number of hydrogen-bond donors (Lipinski definition) is 2. The van der Waals surface area contributed by atoms with E-state index in [0.717, 1.165) is 6.07 Å². The van der Waals surface area contributed by atoms with Crippen LogP contribution < -0.4 is 10.8 Å². The number of carbonyl (C=O) groups is 1. The zero-order chi connectivity index (χ0) is 13.6. The lowest BCUT2D eigenvalue weighted by atomic mass is 10.3. The number of rotatable bonds is 5. The number of benzene rings is 1. The lowest BCUT2D eigenvalue weighted by Gasteiger charge is -2.09. The number of alkyl halides is 3. The van der Waals surface area contributed by atoms with E-state index in [1.165, 1.54) is 18.2 Å². The van der Waals surface area contributed by atoms with Gasteiger partial charge in [0.15, 0.2) is 6.61 Å². The fraction of sp³-hybridized carbons (Fsp3) is 0.300. The number of anilines is 1. The van der Waals surface area contributed by atoms with Gasteiger partial charge in [0, 0.05) is 5.69 Å². The summed E-state index contributed by atoms with van der Waals surface area (Å²) >= 11 is 0. The molecule has 1 rings (SSSR count). The molecule has 0 aliphatic rings. The molecule has 0 heterocycles. The van der Waals surface area contributed by atoms with Crippen molar-refractivity contribution < 1.29 is 27.2 Å². The number of hydroxylamine groups is 1. The summed E-state index contributed by atoms with van der Waals surface area (Å²) in [6.07, 6.45) is -4.47. The Hall–Kier alpha value is -1.67. The summed E-state index contributed by atoms with van der Waals surface area (Å²) in [5, 5.41) is 2.28. The molecule has 1 aromatic carbocycles. The molecule has 1 aromatic rings. The van der Waals surface area contributed by atoms with Crippen molar-refractivity contribution in [3.8, 4) is 0 Å². The molecule has 0 unspecified atom stereocenters. The standard InChI is InChI=1S/C10H10F4N2O2/c11-7-2-1-3-8(4-7)16-9(17)5-15-18-6-10(12,13)14/h1-4,15H,5-6H2,(H,16,17). The molecule has 0 saturated heterocycles. The highest BCUT2D eigenvalue weighted by Crippen LogP contribution is 2.13. The average Bonchev–Trinajstić information content (AvgIpc) is 2.23. The predicted octanol–water partition coefficient (Wildman–Crippen LogP) is 1.85. The number of hydrogen-bond acceptors (Lipinski definition) is 3. The highest BCUT2D eigenvalue weighted by Gasteiger charge is 2.27. The van der Waals surface area contributed by atoms with Gasteiger partial charge in [0.1, 0.15) is 12.4 Å². The number of amides is 1. The van der Waals surface area contributed by atoms with Crippen LogP contribution in [0.3, 0.4) is 0 Å². The lowest BCUT2D eigenvalue weighted by molar-refractivity contribution is -0.189. The minimum absolute atomic E-state index is 0.206. The first kappa shape index (κ1) is 14.4. The Balaban J connectivity index is 2.26. The summed E-state index contributed by atoms with van der Waals surface area (Å²) in [7, 11) is 0. The van der Waals surface area contributed by atoms with Crippen LogP contribution in [-0.2, 0) is 9.63 Å². The van der Waals surface area contributed by atoms with Crippen LogP contribution in [0.1, 0.15) is 0 Å². The van der Waals surface area contributed by atoms with Gasteiger partial charge in [-0.15, -0.1) is 0 Å². The first-order valence-electron chi connectivity index (χ1n) is 4.83. The van der Waals surface area contributed by atoms with Crippen molar-refractivity contribution >= 4 is 11.6 Å². The van der Waals surface area contributed by atoms with Crippen molar-refractivity contribution in [3.63, 3.8) is 0 Å². The van der Waals surface area contributed by atoms with E-state index in [1.54, 1.807) is 0 Å². The third-order valence-corrected chi connectivity index (χ3v) is 1.68. The summed E-state index contributed by atoms with van der Waals surface area (Å²) in [5.74, 6) is -1.18. The second-order valence-electron chi connectivity index (χ2n) is 3.28. The van der Waals surface area contributed by atoms with Crippen molar-refractivity contribution in [1.82, 2.24) is 5.48 Å². The molecule has 100 valence electrons. The average molecular weight is 266 g/mol. The second-order valence-corrected chi connectivity index (χ2v) is 3.28. The molecule has 8 heteroatoms. The molecule has 0 radical (unpaired) electrons. The summed E-state index contributed by atoms with van der Waals surface area (Å²) in [6.45, 7) is -1.98. The Morgan fingerprint density at radius 1 is 1.33 bits per heavy atom. The number of halogens is 4. The van der Waals surface area contributed by atoms with Gasteiger partial charge in [0.05, 0.1) is 0 Å². The largest absolute Gasteiger partial charge is 0.413 e. The number of carbonyl (C=O) groups excluding carboxylic acids is 1. The van der Waals surface area contributed by atoms with E-state index in [-0.39, 0.29) is 5.69 Å². The monoisotopic (exact) mass is 266 g/mol. The van der Waals surface area contributed by atoms with E-state index >= 15 is 0 Å². The van der Waals surface area contributed by atoms with Gasteiger partial charge in [-0.25, -0.2) is 4.39 Å². The van der Waals surface area contributed by atoms with Gasteiger partial charge in [-0.3, -0.25) is 9.63 Å². The fourth-order valence-electron chi connectivity index (χ4n) is 1.02. The smallest absolute Gasteiger partial charge is 0.325 e. The van der Waals surface area contributed by atoms with Crippen LogP contribution in [0.5, 0.6) is 0 Å². The molecule has 18 heavy (non-hydrogen) atoms. The van der Waals surface area contributed by atoms with E-state index in [4.69, 9.17) is 0 Å². The Morgan fingerprint density at radius 3 is 2.67 bits per heavy atom. The van der Waals surface area contributed by atoms with Crippen molar-refractivity contribution in [2.45, 2.75) is 6.18 Å². The van der Waals surface area contributed by atoms with Crippen LogP contribution in [0.2, 0.25) is 0 Å². The molecule has 0 spiro atoms. The Labute approximate surface area is 99.9 Å². The van der Waals surface area contributed by atoms with Gasteiger partial charge in [-0.05, 0) is 18.2 Å². The van der Waals surface area contributed by atoms with Gasteiger partial charge in [0.2, 0.25) is 5.91 Å².